The highest BCUT2D eigenvalue weighted by Crippen LogP contribution is 2.46. The number of nitro benzene ring substituents is 1. The van der Waals surface area contributed by atoms with Gasteiger partial charge in [-0.2, -0.15) is 0 Å². The molecule has 2 aliphatic rings. The Morgan fingerprint density at radius 3 is 2.31 bits per heavy atom. The molecule has 1 unspecified atom stereocenters. The van der Waals surface area contributed by atoms with Crippen LogP contribution in [0, 0.1) is 10.1 Å². The van der Waals surface area contributed by atoms with E-state index in [1.165, 1.54) is 17.0 Å². The number of nitro groups is 1. The molecule has 1 fully saturated rings. The molecule has 0 radical (unpaired) electrons. The Hall–Kier alpha value is -3.95. The van der Waals surface area contributed by atoms with E-state index < -0.39 is 16.2 Å². The molecule has 3 aromatic carbocycles. The lowest BCUT2D eigenvalue weighted by Crippen LogP contribution is -2.55. The summed E-state index contributed by atoms with van der Waals surface area (Å²) in [6, 6.07) is 16.5. The van der Waals surface area contributed by atoms with E-state index in [1.54, 1.807) is 62.6 Å². The largest absolute Gasteiger partial charge is 0.497 e. The van der Waals surface area contributed by atoms with Gasteiger partial charge in [0.05, 0.1) is 35.5 Å². The second-order valence-corrected chi connectivity index (χ2v) is 10.5. The van der Waals surface area contributed by atoms with Crippen LogP contribution in [0.4, 0.5) is 17.1 Å². The number of non-ortho nitro benzene ring substituents is 1. The summed E-state index contributed by atoms with van der Waals surface area (Å²) >= 11 is 6.59. The van der Waals surface area contributed by atoms with Crippen LogP contribution < -0.4 is 14.5 Å². The van der Waals surface area contributed by atoms with Gasteiger partial charge in [0.25, 0.3) is 5.69 Å². The van der Waals surface area contributed by atoms with Gasteiger partial charge in [0.1, 0.15) is 11.2 Å². The van der Waals surface area contributed by atoms with Crippen molar-refractivity contribution in [2.24, 2.45) is 0 Å². The molecule has 1 atom stereocenters. The number of likely N-dealkylation sites (N-methyl/N-ethyl adjacent to an activating group) is 1. The minimum absolute atomic E-state index is 0.0368. The van der Waals surface area contributed by atoms with Crippen LogP contribution in [0.1, 0.15) is 28.4 Å². The first-order valence-electron chi connectivity index (χ1n) is 12.6. The monoisotopic (exact) mass is 548 g/mol. The molecule has 2 heterocycles. The SMILES string of the molecule is COc1ccc(C2(C)C(=O)c3c(N4CCN(C)CC4)cc(Cl)cc3N(Cc3cccc([N+](=O)[O-])c3)C2=O)cc1. The van der Waals surface area contributed by atoms with Gasteiger partial charge in [-0.1, -0.05) is 35.9 Å². The number of hydrogen-bond acceptors (Lipinski definition) is 7. The van der Waals surface area contributed by atoms with Gasteiger partial charge in [0.15, 0.2) is 5.78 Å². The highest BCUT2D eigenvalue weighted by atomic mass is 35.5. The maximum absolute atomic E-state index is 14.4. The average molecular weight is 549 g/mol. The van der Waals surface area contributed by atoms with Crippen molar-refractivity contribution in [1.29, 1.82) is 0 Å². The minimum atomic E-state index is -1.53. The maximum Gasteiger partial charge on any atom is 0.269 e. The van der Waals surface area contributed by atoms with E-state index in [2.05, 4.69) is 16.8 Å². The predicted octanol–water partition coefficient (Wildman–Crippen LogP) is 4.70. The van der Waals surface area contributed by atoms with Gasteiger partial charge < -0.3 is 19.4 Å². The molecule has 1 amide bonds. The molecule has 0 aromatic heterocycles. The molecule has 0 bridgehead atoms. The van der Waals surface area contributed by atoms with Crippen LogP contribution in [-0.2, 0) is 16.8 Å². The molecule has 202 valence electrons. The number of fused-ring (bicyclic) bond motifs is 1. The zero-order chi connectivity index (χ0) is 27.9. The highest BCUT2D eigenvalue weighted by molar-refractivity contribution is 6.34. The maximum atomic E-state index is 14.4. The third-order valence-electron chi connectivity index (χ3n) is 7.68. The van der Waals surface area contributed by atoms with E-state index in [0.29, 0.717) is 51.9 Å². The van der Waals surface area contributed by atoms with E-state index in [-0.39, 0.29) is 18.0 Å². The van der Waals surface area contributed by atoms with Crippen LogP contribution in [0.2, 0.25) is 5.02 Å². The molecular formula is C29H29ClN4O5. The zero-order valence-corrected chi connectivity index (χ0v) is 22.8. The molecular weight excluding hydrogens is 520 g/mol. The number of piperazine rings is 1. The number of ether oxygens (including phenoxy) is 1. The molecule has 2 aliphatic heterocycles. The van der Waals surface area contributed by atoms with E-state index in [0.717, 1.165) is 13.1 Å². The Morgan fingerprint density at radius 2 is 1.67 bits per heavy atom. The number of anilines is 2. The molecule has 39 heavy (non-hydrogen) atoms. The van der Waals surface area contributed by atoms with Gasteiger partial charge in [-0.05, 0) is 49.4 Å². The van der Waals surface area contributed by atoms with Crippen molar-refractivity contribution in [3.8, 4) is 5.75 Å². The standard InChI is InChI=1S/C29H29ClN4O5/c1-29(20-7-9-23(39-3)10-8-20)27(35)26-24(32-13-11-31(2)12-14-32)16-21(30)17-25(26)33(28(29)36)18-19-5-4-6-22(15-19)34(37)38/h4-10,15-17H,11-14,18H2,1-3H3. The van der Waals surface area contributed by atoms with Crippen molar-refractivity contribution >= 4 is 40.4 Å². The fourth-order valence-corrected chi connectivity index (χ4v) is 5.54. The summed E-state index contributed by atoms with van der Waals surface area (Å²) in [5.74, 6) is -0.131. The van der Waals surface area contributed by atoms with E-state index in [4.69, 9.17) is 16.3 Å². The number of nitrogens with zero attached hydrogens (tertiary/aromatic N) is 4. The van der Waals surface area contributed by atoms with Crippen molar-refractivity contribution in [2.45, 2.75) is 18.9 Å². The van der Waals surface area contributed by atoms with Crippen LogP contribution in [-0.4, -0.2) is 61.9 Å². The molecule has 5 rings (SSSR count). The molecule has 0 N–H and O–H groups in total. The quantitative estimate of drug-likeness (QED) is 0.250. The molecule has 0 aliphatic carbocycles. The van der Waals surface area contributed by atoms with Crippen LogP contribution in [0.3, 0.4) is 0 Å². The Kier molecular flexibility index (Phi) is 7.05. The van der Waals surface area contributed by atoms with E-state index in [1.807, 2.05) is 0 Å². The number of halogens is 1. The van der Waals surface area contributed by atoms with Crippen molar-refractivity contribution in [3.63, 3.8) is 0 Å². The van der Waals surface area contributed by atoms with Crippen molar-refractivity contribution in [1.82, 2.24) is 4.90 Å². The third-order valence-corrected chi connectivity index (χ3v) is 7.90. The first kappa shape index (κ1) is 26.6. The third kappa shape index (κ3) is 4.72. The van der Waals surface area contributed by atoms with Crippen molar-refractivity contribution < 1.29 is 19.2 Å². The lowest BCUT2D eigenvalue weighted by atomic mass is 9.71. The van der Waals surface area contributed by atoms with Crippen LogP contribution in [0.5, 0.6) is 5.75 Å². The van der Waals surface area contributed by atoms with E-state index in [9.17, 15) is 19.7 Å². The number of ketones is 1. The number of amides is 1. The Bertz CT molecular complexity index is 1450. The normalized spacial score (nSPS) is 19.7. The minimum Gasteiger partial charge on any atom is -0.497 e. The lowest BCUT2D eigenvalue weighted by molar-refractivity contribution is -0.384. The summed E-state index contributed by atoms with van der Waals surface area (Å²) in [4.78, 5) is 45.6. The summed E-state index contributed by atoms with van der Waals surface area (Å²) in [5, 5.41) is 11.8. The fraction of sp³-hybridized carbons (Fsp3) is 0.310. The summed E-state index contributed by atoms with van der Waals surface area (Å²) in [7, 11) is 3.60. The molecule has 9 nitrogen and oxygen atoms in total. The zero-order valence-electron chi connectivity index (χ0n) is 22.0. The number of benzene rings is 3. The number of carbonyl (C=O) groups excluding carboxylic acids is 2. The number of Topliss-reactive ketones (excluding diaryl/α,β-unsaturated/α-hetero) is 1. The van der Waals surface area contributed by atoms with Crippen molar-refractivity contribution in [2.75, 3.05) is 50.1 Å². The Morgan fingerprint density at radius 1 is 1.00 bits per heavy atom. The first-order valence-corrected chi connectivity index (χ1v) is 13.0. The number of rotatable bonds is 6. The van der Waals surface area contributed by atoms with Gasteiger partial charge in [-0.3, -0.25) is 19.7 Å². The van der Waals surface area contributed by atoms with Gasteiger partial charge in [0.2, 0.25) is 5.91 Å². The van der Waals surface area contributed by atoms with Gasteiger partial charge >= 0.3 is 0 Å². The van der Waals surface area contributed by atoms with Crippen LogP contribution in [0.25, 0.3) is 0 Å². The first-order chi connectivity index (χ1) is 18.6. The topological polar surface area (TPSA) is 96.2 Å². The highest BCUT2D eigenvalue weighted by Gasteiger charge is 2.52. The Balaban J connectivity index is 1.69. The summed E-state index contributed by atoms with van der Waals surface area (Å²) in [6.07, 6.45) is 0. The second-order valence-electron chi connectivity index (χ2n) is 10.1. The molecule has 0 saturated carbocycles. The summed E-state index contributed by atoms with van der Waals surface area (Å²) in [6.45, 7) is 4.73. The second kappa shape index (κ2) is 10.3. The molecule has 1 saturated heterocycles. The molecule has 3 aromatic rings. The lowest BCUT2D eigenvalue weighted by Gasteiger charge is -2.43. The summed E-state index contributed by atoms with van der Waals surface area (Å²) in [5.41, 5.74) is 1.01. The van der Waals surface area contributed by atoms with Crippen LogP contribution >= 0.6 is 11.6 Å². The number of carbonyl (C=O) groups is 2. The number of methoxy groups -OCH3 is 1. The summed E-state index contributed by atoms with van der Waals surface area (Å²) < 4.78 is 5.29. The van der Waals surface area contributed by atoms with Crippen LogP contribution in [0.15, 0.2) is 60.7 Å². The van der Waals surface area contributed by atoms with Gasteiger partial charge in [0, 0.05) is 43.3 Å². The van der Waals surface area contributed by atoms with Gasteiger partial charge in [-0.25, -0.2) is 0 Å². The van der Waals surface area contributed by atoms with E-state index >= 15 is 0 Å². The smallest absolute Gasteiger partial charge is 0.269 e. The van der Waals surface area contributed by atoms with Gasteiger partial charge in [-0.15, -0.1) is 0 Å². The number of hydrogen-bond donors (Lipinski definition) is 0. The fourth-order valence-electron chi connectivity index (χ4n) is 5.33. The molecule has 0 spiro atoms. The Labute approximate surface area is 231 Å². The molecule has 10 heteroatoms. The predicted molar refractivity (Wildman–Crippen MR) is 150 cm³/mol. The average Bonchev–Trinajstić information content (AvgIpc) is 2.94. The van der Waals surface area contributed by atoms with Crippen molar-refractivity contribution in [3.05, 3.63) is 92.5 Å².